The van der Waals surface area contributed by atoms with Gasteiger partial charge in [0.25, 0.3) is 0 Å². The SMILES string of the molecule is NC(Cc1cnc[nH]1)C(=O)NC(Cc1ccccc1)C(=O)NC(CS)C(=O)NC(CO)C(=O)O. The molecule has 13 heteroatoms. The molecule has 184 valence electrons. The first-order chi connectivity index (χ1) is 16.2. The van der Waals surface area contributed by atoms with Crippen LogP contribution in [-0.4, -0.2) is 80.4 Å². The molecule has 0 aliphatic heterocycles. The lowest BCUT2D eigenvalue weighted by molar-refractivity contribution is -0.143. The van der Waals surface area contributed by atoms with Gasteiger partial charge >= 0.3 is 5.97 Å². The molecule has 0 bridgehead atoms. The highest BCUT2D eigenvalue weighted by molar-refractivity contribution is 7.80. The maximum Gasteiger partial charge on any atom is 0.328 e. The number of amides is 3. The van der Waals surface area contributed by atoms with Gasteiger partial charge in [-0.3, -0.25) is 14.4 Å². The zero-order valence-corrected chi connectivity index (χ0v) is 19.1. The minimum atomic E-state index is -1.54. The van der Waals surface area contributed by atoms with Crippen molar-refractivity contribution in [1.82, 2.24) is 25.9 Å². The van der Waals surface area contributed by atoms with Crippen LogP contribution in [0.2, 0.25) is 0 Å². The summed E-state index contributed by atoms with van der Waals surface area (Å²) in [5.41, 5.74) is 7.38. The Balaban J connectivity index is 2.11. The van der Waals surface area contributed by atoms with Crippen LogP contribution in [0.4, 0.5) is 0 Å². The number of nitrogens with zero attached hydrogens (tertiary/aromatic N) is 1. The van der Waals surface area contributed by atoms with E-state index in [2.05, 4.69) is 38.5 Å². The molecule has 0 radical (unpaired) electrons. The number of benzene rings is 1. The van der Waals surface area contributed by atoms with Crippen molar-refractivity contribution in [3.63, 3.8) is 0 Å². The molecule has 0 saturated carbocycles. The second-order valence-electron chi connectivity index (χ2n) is 7.46. The highest BCUT2D eigenvalue weighted by Crippen LogP contribution is 2.06. The molecule has 8 N–H and O–H groups in total. The first-order valence-corrected chi connectivity index (χ1v) is 11.0. The number of carbonyl (C=O) groups is 4. The molecule has 0 saturated heterocycles. The van der Waals surface area contributed by atoms with E-state index in [0.29, 0.717) is 5.69 Å². The van der Waals surface area contributed by atoms with Gasteiger partial charge in [-0.05, 0) is 5.56 Å². The number of aromatic amines is 1. The number of aliphatic hydroxyl groups is 1. The molecule has 0 aliphatic rings. The van der Waals surface area contributed by atoms with E-state index in [0.717, 1.165) is 5.56 Å². The maximum absolute atomic E-state index is 13.0. The number of nitrogens with two attached hydrogens (primary N) is 1. The van der Waals surface area contributed by atoms with Crippen LogP contribution in [0.15, 0.2) is 42.9 Å². The first-order valence-electron chi connectivity index (χ1n) is 10.4. The van der Waals surface area contributed by atoms with E-state index in [4.69, 9.17) is 15.9 Å². The van der Waals surface area contributed by atoms with E-state index in [1.807, 2.05) is 0 Å². The number of aliphatic carboxylic acids is 1. The highest BCUT2D eigenvalue weighted by atomic mass is 32.1. The topological polar surface area (TPSA) is 200 Å². The Bertz CT molecular complexity index is 958. The molecule has 4 atom stereocenters. The number of hydrogen-bond acceptors (Lipinski definition) is 8. The predicted molar refractivity (Wildman–Crippen MR) is 125 cm³/mol. The van der Waals surface area contributed by atoms with E-state index < -0.39 is 54.5 Å². The summed E-state index contributed by atoms with van der Waals surface area (Å²) in [5.74, 6) is -3.69. The third-order valence-electron chi connectivity index (χ3n) is 4.86. The summed E-state index contributed by atoms with van der Waals surface area (Å²) in [5, 5.41) is 25.3. The van der Waals surface area contributed by atoms with Crippen LogP contribution in [-0.2, 0) is 32.0 Å². The molecular formula is C21H28N6O6S. The Morgan fingerprint density at radius 1 is 0.971 bits per heavy atom. The monoisotopic (exact) mass is 492 g/mol. The molecule has 2 rings (SSSR count). The number of imidazole rings is 1. The minimum absolute atomic E-state index is 0.116. The zero-order valence-electron chi connectivity index (χ0n) is 18.2. The summed E-state index contributed by atoms with van der Waals surface area (Å²) in [6, 6.07) is 4.13. The standard InChI is InChI=1S/C21H28N6O6S/c22-14(7-13-8-23-11-24-13)18(29)25-15(6-12-4-2-1-3-5-12)19(30)27-17(10-34)20(31)26-16(9-28)21(32)33/h1-5,8,11,14-17,28,34H,6-7,9-10,22H2,(H,23,24)(H,25,29)(H,26,31)(H,27,30)(H,32,33). The molecule has 2 aromatic rings. The van der Waals surface area contributed by atoms with E-state index in [1.165, 1.54) is 12.5 Å². The fraction of sp³-hybridized carbons (Fsp3) is 0.381. The number of nitrogens with one attached hydrogen (secondary N) is 4. The number of aromatic nitrogens is 2. The quantitative estimate of drug-likeness (QED) is 0.146. The summed E-state index contributed by atoms with van der Waals surface area (Å²) in [6.07, 6.45) is 3.28. The van der Waals surface area contributed by atoms with Gasteiger partial charge in [0.1, 0.15) is 18.1 Å². The van der Waals surface area contributed by atoms with E-state index >= 15 is 0 Å². The van der Waals surface area contributed by atoms with Crippen LogP contribution in [0, 0.1) is 0 Å². The van der Waals surface area contributed by atoms with Crippen molar-refractivity contribution in [3.05, 3.63) is 54.1 Å². The van der Waals surface area contributed by atoms with Crippen LogP contribution < -0.4 is 21.7 Å². The molecule has 0 fully saturated rings. The number of hydrogen-bond donors (Lipinski definition) is 8. The van der Waals surface area contributed by atoms with Crippen LogP contribution in [0.5, 0.6) is 0 Å². The largest absolute Gasteiger partial charge is 0.480 e. The van der Waals surface area contributed by atoms with E-state index in [9.17, 15) is 19.2 Å². The minimum Gasteiger partial charge on any atom is -0.480 e. The number of carboxylic acids is 1. The molecule has 1 aromatic heterocycles. The molecule has 34 heavy (non-hydrogen) atoms. The lowest BCUT2D eigenvalue weighted by Crippen LogP contribution is -2.58. The average molecular weight is 493 g/mol. The summed E-state index contributed by atoms with van der Waals surface area (Å²) < 4.78 is 0. The van der Waals surface area contributed by atoms with Crippen molar-refractivity contribution < 1.29 is 29.4 Å². The number of H-pyrrole nitrogens is 1. The van der Waals surface area contributed by atoms with Crippen LogP contribution in [0.25, 0.3) is 0 Å². The lowest BCUT2D eigenvalue weighted by atomic mass is 10.0. The number of carbonyl (C=O) groups excluding carboxylic acids is 3. The predicted octanol–water partition coefficient (Wildman–Crippen LogP) is -2.02. The van der Waals surface area contributed by atoms with Crippen molar-refractivity contribution in [3.8, 4) is 0 Å². The van der Waals surface area contributed by atoms with E-state index in [1.54, 1.807) is 30.3 Å². The van der Waals surface area contributed by atoms with Gasteiger partial charge in [-0.15, -0.1) is 0 Å². The third-order valence-corrected chi connectivity index (χ3v) is 5.22. The number of thiol groups is 1. The molecule has 0 aliphatic carbocycles. The van der Waals surface area contributed by atoms with Gasteiger partial charge in [0, 0.05) is 30.5 Å². The van der Waals surface area contributed by atoms with Gasteiger partial charge in [0.05, 0.1) is 19.0 Å². The summed E-state index contributed by atoms with van der Waals surface area (Å²) in [6.45, 7) is -0.824. The van der Waals surface area contributed by atoms with Gasteiger partial charge in [-0.2, -0.15) is 12.6 Å². The van der Waals surface area contributed by atoms with Crippen molar-refractivity contribution in [2.45, 2.75) is 37.0 Å². The second-order valence-corrected chi connectivity index (χ2v) is 7.83. The highest BCUT2D eigenvalue weighted by Gasteiger charge is 2.29. The average Bonchev–Trinajstić information content (AvgIpc) is 3.33. The smallest absolute Gasteiger partial charge is 0.328 e. The van der Waals surface area contributed by atoms with Crippen molar-refractivity contribution in [2.75, 3.05) is 12.4 Å². The Kier molecular flexibility index (Phi) is 10.5. The second kappa shape index (κ2) is 13.3. The van der Waals surface area contributed by atoms with Crippen molar-refractivity contribution in [1.29, 1.82) is 0 Å². The van der Waals surface area contributed by atoms with Crippen LogP contribution >= 0.6 is 12.6 Å². The molecule has 1 aromatic carbocycles. The van der Waals surface area contributed by atoms with Crippen LogP contribution in [0.1, 0.15) is 11.3 Å². The van der Waals surface area contributed by atoms with E-state index in [-0.39, 0.29) is 18.6 Å². The molecule has 12 nitrogen and oxygen atoms in total. The van der Waals surface area contributed by atoms with Crippen LogP contribution in [0.3, 0.4) is 0 Å². The lowest BCUT2D eigenvalue weighted by Gasteiger charge is -2.24. The first kappa shape index (κ1) is 26.8. The Morgan fingerprint density at radius 2 is 1.59 bits per heavy atom. The number of aliphatic hydroxyl groups excluding tert-OH is 1. The van der Waals surface area contributed by atoms with Gasteiger partial charge in [-0.25, -0.2) is 9.78 Å². The zero-order chi connectivity index (χ0) is 25.1. The third kappa shape index (κ3) is 8.17. The maximum atomic E-state index is 13.0. The van der Waals surface area contributed by atoms with Gasteiger partial charge in [-0.1, -0.05) is 30.3 Å². The van der Waals surface area contributed by atoms with Crippen molar-refractivity contribution >= 4 is 36.3 Å². The fourth-order valence-corrected chi connectivity index (χ4v) is 3.25. The normalized spacial score (nSPS) is 14.3. The molecule has 0 spiro atoms. The number of rotatable bonds is 13. The van der Waals surface area contributed by atoms with Gasteiger partial charge in [0.2, 0.25) is 17.7 Å². The molecule has 1 heterocycles. The Morgan fingerprint density at radius 3 is 2.15 bits per heavy atom. The summed E-state index contributed by atoms with van der Waals surface area (Å²) >= 11 is 4.05. The van der Waals surface area contributed by atoms with Crippen molar-refractivity contribution in [2.24, 2.45) is 5.73 Å². The summed E-state index contributed by atoms with van der Waals surface area (Å²) in [4.78, 5) is 55.9. The molecular weight excluding hydrogens is 464 g/mol. The summed E-state index contributed by atoms with van der Waals surface area (Å²) in [7, 11) is 0. The molecule has 4 unspecified atom stereocenters. The molecule has 3 amide bonds. The van der Waals surface area contributed by atoms with Gasteiger partial charge < -0.3 is 36.9 Å². The fourth-order valence-electron chi connectivity index (χ4n) is 2.99. The Labute approximate surface area is 201 Å². The van der Waals surface area contributed by atoms with Gasteiger partial charge in [0.15, 0.2) is 0 Å². The Hall–Kier alpha value is -3.42. The number of carboxylic acid groups (broad SMARTS) is 1.